The van der Waals surface area contributed by atoms with E-state index in [1.165, 1.54) is 29.2 Å². The predicted molar refractivity (Wildman–Crippen MR) is 58.7 cm³/mol. The summed E-state index contributed by atoms with van der Waals surface area (Å²) in [6.45, 7) is 0. The van der Waals surface area contributed by atoms with E-state index < -0.39 is 5.97 Å². The molecule has 0 aromatic carbocycles. The van der Waals surface area contributed by atoms with Crippen molar-refractivity contribution in [2.24, 2.45) is 0 Å². The lowest BCUT2D eigenvalue weighted by Gasteiger charge is -2.03. The fourth-order valence-corrected chi connectivity index (χ4v) is 1.49. The third-order valence-electron chi connectivity index (χ3n) is 2.02. The summed E-state index contributed by atoms with van der Waals surface area (Å²) in [6, 6.07) is 2.77. The zero-order chi connectivity index (χ0) is 12.4. The molecule has 0 saturated carbocycles. The van der Waals surface area contributed by atoms with Crippen LogP contribution in [0.1, 0.15) is 20.8 Å². The van der Waals surface area contributed by atoms with E-state index in [9.17, 15) is 9.59 Å². The van der Waals surface area contributed by atoms with Crippen molar-refractivity contribution in [2.45, 2.75) is 0 Å². The molecule has 0 atom stereocenters. The summed E-state index contributed by atoms with van der Waals surface area (Å²) in [7, 11) is 0. The van der Waals surface area contributed by atoms with Crippen LogP contribution in [0.4, 0.5) is 0 Å². The maximum absolute atomic E-state index is 10.7. The average Bonchev–Trinajstić information content (AvgIpc) is 2.77. The van der Waals surface area contributed by atoms with E-state index in [2.05, 4.69) is 10.1 Å². The molecule has 86 valence electrons. The van der Waals surface area contributed by atoms with Crippen molar-refractivity contribution >= 4 is 23.9 Å². The van der Waals surface area contributed by atoms with Crippen molar-refractivity contribution in [3.63, 3.8) is 0 Å². The van der Waals surface area contributed by atoms with Crippen molar-refractivity contribution in [3.05, 3.63) is 40.8 Å². The van der Waals surface area contributed by atoms with Gasteiger partial charge in [-0.25, -0.2) is 14.5 Å². The van der Waals surface area contributed by atoms with Gasteiger partial charge in [0.05, 0.1) is 10.6 Å². The Morgan fingerprint density at radius 3 is 2.82 bits per heavy atom. The van der Waals surface area contributed by atoms with Crippen LogP contribution in [-0.2, 0) is 0 Å². The maximum atomic E-state index is 10.7. The van der Waals surface area contributed by atoms with Crippen LogP contribution >= 0.6 is 11.6 Å². The molecule has 17 heavy (non-hydrogen) atoms. The van der Waals surface area contributed by atoms with Crippen LogP contribution in [-0.4, -0.2) is 32.1 Å². The normalized spacial score (nSPS) is 10.2. The van der Waals surface area contributed by atoms with Gasteiger partial charge in [0.15, 0.2) is 12.1 Å². The number of carboxylic acids is 1. The maximum Gasteiger partial charge on any atom is 0.337 e. The van der Waals surface area contributed by atoms with Crippen LogP contribution in [0.25, 0.3) is 5.82 Å². The topological polar surface area (TPSA) is 85.1 Å². The highest BCUT2D eigenvalue weighted by Crippen LogP contribution is 2.18. The van der Waals surface area contributed by atoms with Crippen LogP contribution in [0, 0.1) is 0 Å². The molecule has 1 N–H and O–H groups in total. The van der Waals surface area contributed by atoms with Gasteiger partial charge in [-0.15, -0.1) is 0 Å². The van der Waals surface area contributed by atoms with E-state index in [4.69, 9.17) is 16.7 Å². The standard InChI is InChI=1S/C10H6ClN3O3/c11-8-3-6(10(16)17)4-12-9(8)14-2-1-7(5-15)13-14/h1-5H,(H,16,17). The smallest absolute Gasteiger partial charge is 0.337 e. The van der Waals surface area contributed by atoms with Gasteiger partial charge in [0.1, 0.15) is 5.69 Å². The number of aromatic nitrogens is 3. The molecule has 0 aliphatic rings. The van der Waals surface area contributed by atoms with Crippen molar-refractivity contribution in [2.75, 3.05) is 0 Å². The van der Waals surface area contributed by atoms with Crippen molar-refractivity contribution in [3.8, 4) is 5.82 Å². The summed E-state index contributed by atoms with van der Waals surface area (Å²) < 4.78 is 1.30. The summed E-state index contributed by atoms with van der Waals surface area (Å²) in [5.74, 6) is -0.843. The first-order valence-electron chi connectivity index (χ1n) is 4.52. The molecule has 0 aliphatic heterocycles. The van der Waals surface area contributed by atoms with E-state index in [1.54, 1.807) is 0 Å². The van der Waals surface area contributed by atoms with Gasteiger partial charge in [-0.2, -0.15) is 5.10 Å². The fourth-order valence-electron chi connectivity index (χ4n) is 1.24. The van der Waals surface area contributed by atoms with Gasteiger partial charge in [0.2, 0.25) is 0 Å². The minimum absolute atomic E-state index is 0.0125. The molecule has 2 aromatic heterocycles. The molecule has 0 unspecified atom stereocenters. The van der Waals surface area contributed by atoms with Crippen LogP contribution in [0.2, 0.25) is 5.02 Å². The second kappa shape index (κ2) is 4.34. The molecule has 0 saturated heterocycles. The number of aromatic carboxylic acids is 1. The minimum atomic E-state index is -1.11. The first kappa shape index (κ1) is 11.3. The summed E-state index contributed by atoms with van der Waals surface area (Å²) >= 11 is 5.89. The molecule has 2 heterocycles. The van der Waals surface area contributed by atoms with Crippen molar-refractivity contribution in [1.29, 1.82) is 0 Å². The van der Waals surface area contributed by atoms with Gasteiger partial charge in [0.25, 0.3) is 0 Å². The van der Waals surface area contributed by atoms with Crippen LogP contribution < -0.4 is 0 Å². The Bertz CT molecular complexity index is 594. The van der Waals surface area contributed by atoms with E-state index >= 15 is 0 Å². The van der Waals surface area contributed by atoms with Crippen LogP contribution in [0.15, 0.2) is 24.5 Å². The Kier molecular flexibility index (Phi) is 2.88. The quantitative estimate of drug-likeness (QED) is 0.834. The van der Waals surface area contributed by atoms with E-state index in [0.29, 0.717) is 6.29 Å². The first-order valence-corrected chi connectivity index (χ1v) is 4.89. The summed E-state index contributed by atoms with van der Waals surface area (Å²) in [5, 5.41) is 12.8. The van der Waals surface area contributed by atoms with Gasteiger partial charge < -0.3 is 5.11 Å². The summed E-state index contributed by atoms with van der Waals surface area (Å²) in [4.78, 5) is 25.0. The molecular formula is C10H6ClN3O3. The molecule has 7 heteroatoms. The largest absolute Gasteiger partial charge is 0.478 e. The molecule has 0 aliphatic carbocycles. The Labute approximate surface area is 100 Å². The predicted octanol–water partition coefficient (Wildman–Crippen LogP) is 1.43. The highest BCUT2D eigenvalue weighted by molar-refractivity contribution is 6.32. The number of halogens is 1. The Morgan fingerprint density at radius 2 is 2.29 bits per heavy atom. The number of hydrogen-bond acceptors (Lipinski definition) is 4. The number of carbonyl (C=O) groups is 2. The molecule has 0 radical (unpaired) electrons. The third-order valence-corrected chi connectivity index (χ3v) is 2.29. The van der Waals surface area contributed by atoms with E-state index in [1.807, 2.05) is 0 Å². The zero-order valence-electron chi connectivity index (χ0n) is 8.37. The van der Waals surface area contributed by atoms with E-state index in [-0.39, 0.29) is 22.1 Å². The number of nitrogens with zero attached hydrogens (tertiary/aromatic N) is 3. The highest BCUT2D eigenvalue weighted by Gasteiger charge is 2.10. The number of hydrogen-bond donors (Lipinski definition) is 1. The van der Waals surface area contributed by atoms with Gasteiger partial charge >= 0.3 is 5.97 Å². The molecule has 6 nitrogen and oxygen atoms in total. The number of carboxylic acid groups (broad SMARTS) is 1. The number of carbonyl (C=O) groups excluding carboxylic acids is 1. The SMILES string of the molecule is O=Cc1ccn(-c2ncc(C(=O)O)cc2Cl)n1. The van der Waals surface area contributed by atoms with Crippen LogP contribution in [0.5, 0.6) is 0 Å². The minimum Gasteiger partial charge on any atom is -0.478 e. The van der Waals surface area contributed by atoms with Gasteiger partial charge in [-0.1, -0.05) is 11.6 Å². The number of pyridine rings is 1. The van der Waals surface area contributed by atoms with E-state index in [0.717, 1.165) is 0 Å². The molecule has 2 rings (SSSR count). The van der Waals surface area contributed by atoms with Gasteiger partial charge in [-0.3, -0.25) is 4.79 Å². The molecule has 0 fully saturated rings. The lowest BCUT2D eigenvalue weighted by Crippen LogP contribution is -2.03. The van der Waals surface area contributed by atoms with Crippen molar-refractivity contribution in [1.82, 2.24) is 14.8 Å². The Hall–Kier alpha value is -2.21. The third kappa shape index (κ3) is 2.16. The highest BCUT2D eigenvalue weighted by atomic mass is 35.5. The van der Waals surface area contributed by atoms with Crippen molar-refractivity contribution < 1.29 is 14.7 Å². The van der Waals surface area contributed by atoms with Crippen LogP contribution in [0.3, 0.4) is 0 Å². The molecule has 0 spiro atoms. The second-order valence-corrected chi connectivity index (χ2v) is 3.54. The number of aldehydes is 1. The lowest BCUT2D eigenvalue weighted by atomic mass is 10.3. The number of rotatable bonds is 3. The summed E-state index contributed by atoms with van der Waals surface area (Å²) in [6.07, 6.45) is 3.28. The molecule has 0 amide bonds. The van der Waals surface area contributed by atoms with Gasteiger partial charge in [0, 0.05) is 12.4 Å². The second-order valence-electron chi connectivity index (χ2n) is 3.14. The lowest BCUT2D eigenvalue weighted by molar-refractivity contribution is 0.0696. The molecular weight excluding hydrogens is 246 g/mol. The molecule has 0 bridgehead atoms. The summed E-state index contributed by atoms with van der Waals surface area (Å²) in [5.41, 5.74) is 0.228. The Balaban J connectivity index is 2.46. The Morgan fingerprint density at radius 1 is 1.53 bits per heavy atom. The molecule has 2 aromatic rings. The fraction of sp³-hybridized carbons (Fsp3) is 0. The first-order chi connectivity index (χ1) is 8.11. The monoisotopic (exact) mass is 251 g/mol. The zero-order valence-corrected chi connectivity index (χ0v) is 9.13. The average molecular weight is 252 g/mol. The van der Waals surface area contributed by atoms with Gasteiger partial charge in [-0.05, 0) is 12.1 Å².